The largest absolute Gasteiger partial charge is 0.326 e. The van der Waals surface area contributed by atoms with Crippen LogP contribution in [0.1, 0.15) is 22.3 Å². The fourth-order valence-electron chi connectivity index (χ4n) is 2.48. The van der Waals surface area contributed by atoms with Crippen molar-refractivity contribution in [1.82, 2.24) is 4.98 Å². The van der Waals surface area contributed by atoms with E-state index in [1.54, 1.807) is 31.2 Å². The van der Waals surface area contributed by atoms with E-state index in [-0.39, 0.29) is 16.9 Å². The number of anilines is 4. The molecule has 8 nitrogen and oxygen atoms in total. The first-order chi connectivity index (χ1) is 14.3. The van der Waals surface area contributed by atoms with Crippen LogP contribution in [0, 0.1) is 12.7 Å². The second-order valence-corrected chi connectivity index (χ2v) is 7.23. The maximum Gasteiger partial charge on any atom is 0.325 e. The van der Waals surface area contributed by atoms with E-state index in [2.05, 4.69) is 26.3 Å². The van der Waals surface area contributed by atoms with Gasteiger partial charge in [0.2, 0.25) is 5.91 Å². The van der Waals surface area contributed by atoms with E-state index >= 15 is 0 Å². The van der Waals surface area contributed by atoms with Gasteiger partial charge in [-0.1, -0.05) is 11.3 Å². The zero-order valence-corrected chi connectivity index (χ0v) is 16.9. The van der Waals surface area contributed by atoms with Crippen molar-refractivity contribution in [2.75, 3.05) is 21.3 Å². The minimum Gasteiger partial charge on any atom is -0.326 e. The summed E-state index contributed by atoms with van der Waals surface area (Å²) in [5, 5.41) is 10.7. The first-order valence-electron chi connectivity index (χ1n) is 8.80. The number of amides is 4. The molecule has 0 bridgehead atoms. The van der Waals surface area contributed by atoms with Gasteiger partial charge in [-0.3, -0.25) is 14.9 Å². The Bertz CT molecular complexity index is 1080. The zero-order valence-electron chi connectivity index (χ0n) is 16.1. The van der Waals surface area contributed by atoms with E-state index in [4.69, 9.17) is 0 Å². The summed E-state index contributed by atoms with van der Waals surface area (Å²) in [5.74, 6) is -0.961. The molecule has 4 amide bonds. The molecule has 0 aliphatic carbocycles. The van der Waals surface area contributed by atoms with Crippen LogP contribution in [0.4, 0.5) is 31.4 Å². The number of aromatic nitrogens is 1. The lowest BCUT2D eigenvalue weighted by Gasteiger charge is -2.06. The number of hydrogen-bond acceptors (Lipinski definition) is 5. The molecule has 0 radical (unpaired) electrons. The van der Waals surface area contributed by atoms with Gasteiger partial charge in [0, 0.05) is 24.0 Å². The molecule has 0 spiro atoms. The number of nitrogens with zero attached hydrogens (tertiary/aromatic N) is 1. The number of urea groups is 1. The van der Waals surface area contributed by atoms with Crippen LogP contribution >= 0.6 is 11.3 Å². The van der Waals surface area contributed by atoms with Crippen LogP contribution in [-0.4, -0.2) is 22.8 Å². The normalized spacial score (nSPS) is 10.2. The van der Waals surface area contributed by atoms with Gasteiger partial charge in [0.25, 0.3) is 5.91 Å². The van der Waals surface area contributed by atoms with Crippen molar-refractivity contribution in [2.24, 2.45) is 0 Å². The van der Waals surface area contributed by atoms with Gasteiger partial charge in [0.15, 0.2) is 5.13 Å². The van der Waals surface area contributed by atoms with Crippen molar-refractivity contribution in [1.29, 1.82) is 0 Å². The molecule has 154 valence electrons. The minimum absolute atomic E-state index is 0.185. The molecule has 4 N–H and O–H groups in total. The number of aryl methyl sites for hydroxylation is 1. The summed E-state index contributed by atoms with van der Waals surface area (Å²) in [7, 11) is 0. The molecule has 0 fully saturated rings. The Morgan fingerprint density at radius 3 is 1.97 bits per heavy atom. The topological polar surface area (TPSA) is 112 Å². The standard InChI is InChI=1S/C20H18FN5O3S/c1-11-17(18(28)24-15-9-7-14(8-10-15)23-12(2)27)30-20(22-11)26-19(29)25-16-5-3-13(21)4-6-16/h3-10H,1-2H3,(H,23,27)(H,24,28)(H2,22,25,26,29). The Hall–Kier alpha value is -3.79. The van der Waals surface area contributed by atoms with Crippen molar-refractivity contribution in [3.8, 4) is 0 Å². The number of benzene rings is 2. The van der Waals surface area contributed by atoms with Gasteiger partial charge in [-0.15, -0.1) is 0 Å². The van der Waals surface area contributed by atoms with Crippen LogP contribution in [0.25, 0.3) is 0 Å². The molecular weight excluding hydrogens is 409 g/mol. The highest BCUT2D eigenvalue weighted by Crippen LogP contribution is 2.24. The lowest BCUT2D eigenvalue weighted by molar-refractivity contribution is -0.114. The molecule has 10 heteroatoms. The fraction of sp³-hybridized carbons (Fsp3) is 0.100. The highest BCUT2D eigenvalue weighted by molar-refractivity contribution is 7.17. The minimum atomic E-state index is -0.559. The smallest absolute Gasteiger partial charge is 0.325 e. The summed E-state index contributed by atoms with van der Waals surface area (Å²) < 4.78 is 12.9. The lowest BCUT2D eigenvalue weighted by atomic mass is 10.2. The number of halogens is 1. The summed E-state index contributed by atoms with van der Waals surface area (Å²) in [6, 6.07) is 11.4. The van der Waals surface area contributed by atoms with E-state index in [9.17, 15) is 18.8 Å². The average molecular weight is 427 g/mol. The van der Waals surface area contributed by atoms with E-state index in [0.717, 1.165) is 11.3 Å². The number of carbonyl (C=O) groups is 3. The average Bonchev–Trinajstić information content (AvgIpc) is 3.05. The summed E-state index contributed by atoms with van der Waals surface area (Å²) in [5.41, 5.74) is 2.05. The van der Waals surface area contributed by atoms with Gasteiger partial charge < -0.3 is 16.0 Å². The molecule has 0 aliphatic heterocycles. The summed E-state index contributed by atoms with van der Waals surface area (Å²) >= 11 is 1.03. The molecule has 3 rings (SSSR count). The Morgan fingerprint density at radius 1 is 0.833 bits per heavy atom. The second kappa shape index (κ2) is 9.14. The fourth-order valence-corrected chi connectivity index (χ4v) is 3.34. The van der Waals surface area contributed by atoms with E-state index < -0.39 is 11.8 Å². The third-order valence-electron chi connectivity index (χ3n) is 3.79. The quantitative estimate of drug-likeness (QED) is 0.482. The van der Waals surface area contributed by atoms with E-state index in [0.29, 0.717) is 27.6 Å². The van der Waals surface area contributed by atoms with Crippen LogP contribution < -0.4 is 21.3 Å². The molecule has 0 unspecified atom stereocenters. The van der Waals surface area contributed by atoms with Gasteiger partial charge in [-0.05, 0) is 55.5 Å². The van der Waals surface area contributed by atoms with Gasteiger partial charge in [0.05, 0.1) is 5.69 Å². The molecular formula is C20H18FN5O3S. The summed E-state index contributed by atoms with van der Waals surface area (Å²) in [4.78, 5) is 40.2. The van der Waals surface area contributed by atoms with E-state index in [1.165, 1.54) is 31.2 Å². The molecule has 30 heavy (non-hydrogen) atoms. The van der Waals surface area contributed by atoms with Crippen LogP contribution in [0.15, 0.2) is 48.5 Å². The lowest BCUT2D eigenvalue weighted by Crippen LogP contribution is -2.19. The summed E-state index contributed by atoms with van der Waals surface area (Å²) in [6.07, 6.45) is 0. The molecule has 0 saturated carbocycles. The number of thiazole rings is 1. The SMILES string of the molecule is CC(=O)Nc1ccc(NC(=O)c2sc(NC(=O)Nc3ccc(F)cc3)nc2C)cc1. The molecule has 1 heterocycles. The predicted octanol–water partition coefficient (Wildman–Crippen LogP) is 4.45. The highest BCUT2D eigenvalue weighted by atomic mass is 32.1. The molecule has 0 saturated heterocycles. The molecule has 0 atom stereocenters. The molecule has 2 aromatic carbocycles. The van der Waals surface area contributed by atoms with Crippen molar-refractivity contribution in [3.63, 3.8) is 0 Å². The first-order valence-corrected chi connectivity index (χ1v) is 9.62. The van der Waals surface area contributed by atoms with Crippen molar-refractivity contribution in [3.05, 3.63) is 64.9 Å². The van der Waals surface area contributed by atoms with Crippen LogP contribution in [0.2, 0.25) is 0 Å². The van der Waals surface area contributed by atoms with Gasteiger partial charge in [-0.25, -0.2) is 14.2 Å². The molecule has 1 aromatic heterocycles. The molecule has 0 aliphatic rings. The van der Waals surface area contributed by atoms with Crippen LogP contribution in [0.5, 0.6) is 0 Å². The van der Waals surface area contributed by atoms with Crippen LogP contribution in [0.3, 0.4) is 0 Å². The number of nitrogens with one attached hydrogen (secondary N) is 4. The highest BCUT2D eigenvalue weighted by Gasteiger charge is 2.17. The third-order valence-corrected chi connectivity index (χ3v) is 4.86. The van der Waals surface area contributed by atoms with Crippen molar-refractivity contribution >= 4 is 51.4 Å². The Labute approximate surface area is 175 Å². The maximum absolute atomic E-state index is 12.9. The van der Waals surface area contributed by atoms with Gasteiger partial charge >= 0.3 is 6.03 Å². The van der Waals surface area contributed by atoms with Gasteiger partial charge in [0.1, 0.15) is 10.7 Å². The zero-order chi connectivity index (χ0) is 21.7. The number of hydrogen-bond donors (Lipinski definition) is 4. The summed E-state index contributed by atoms with van der Waals surface area (Å²) in [6.45, 7) is 3.07. The maximum atomic E-state index is 12.9. The Morgan fingerprint density at radius 2 is 1.37 bits per heavy atom. The van der Waals surface area contributed by atoms with Crippen LogP contribution in [-0.2, 0) is 4.79 Å². The second-order valence-electron chi connectivity index (χ2n) is 6.23. The third kappa shape index (κ3) is 5.61. The Kier molecular flexibility index (Phi) is 6.38. The predicted molar refractivity (Wildman–Crippen MR) is 115 cm³/mol. The number of rotatable bonds is 5. The van der Waals surface area contributed by atoms with Crippen molar-refractivity contribution < 1.29 is 18.8 Å². The Balaban J connectivity index is 1.61. The first kappa shape index (κ1) is 20.9. The van der Waals surface area contributed by atoms with Crippen molar-refractivity contribution in [2.45, 2.75) is 13.8 Å². The molecule has 3 aromatic rings. The van der Waals surface area contributed by atoms with Gasteiger partial charge in [-0.2, -0.15) is 0 Å². The number of carbonyl (C=O) groups excluding carboxylic acids is 3. The van der Waals surface area contributed by atoms with E-state index in [1.807, 2.05) is 0 Å². The monoisotopic (exact) mass is 427 g/mol.